The standard InChI is InChI=1S/C15H20Cl4N2O/c1-8(2)5-9(3)21(4)7-12(22)20-15-13(18)10(16)6-11(17)14(15)19/h6,8-9H,5,7H2,1-4H3,(H,20,22). The molecule has 1 atom stereocenters. The highest BCUT2D eigenvalue weighted by Crippen LogP contribution is 2.40. The van der Waals surface area contributed by atoms with E-state index in [9.17, 15) is 4.79 Å². The minimum Gasteiger partial charge on any atom is -0.322 e. The number of rotatable bonds is 6. The van der Waals surface area contributed by atoms with E-state index in [-0.39, 0.29) is 38.2 Å². The van der Waals surface area contributed by atoms with E-state index >= 15 is 0 Å². The van der Waals surface area contributed by atoms with E-state index in [0.29, 0.717) is 12.0 Å². The molecule has 1 N–H and O–H groups in total. The number of carbonyl (C=O) groups is 1. The van der Waals surface area contributed by atoms with Gasteiger partial charge in [0, 0.05) is 6.04 Å². The van der Waals surface area contributed by atoms with Gasteiger partial charge in [0.25, 0.3) is 0 Å². The number of carbonyl (C=O) groups excluding carboxylic acids is 1. The van der Waals surface area contributed by atoms with Gasteiger partial charge in [-0.05, 0) is 32.4 Å². The Morgan fingerprint density at radius 2 is 1.64 bits per heavy atom. The lowest BCUT2D eigenvalue weighted by molar-refractivity contribution is -0.117. The van der Waals surface area contributed by atoms with Crippen molar-refractivity contribution in [2.24, 2.45) is 5.92 Å². The minimum atomic E-state index is -0.222. The third-order valence-electron chi connectivity index (χ3n) is 3.33. The van der Waals surface area contributed by atoms with Gasteiger partial charge in [-0.15, -0.1) is 0 Å². The average molecular weight is 386 g/mol. The molecule has 0 radical (unpaired) electrons. The molecule has 0 heterocycles. The van der Waals surface area contributed by atoms with Crippen LogP contribution in [0.3, 0.4) is 0 Å². The number of nitrogens with one attached hydrogen (secondary N) is 1. The molecule has 1 unspecified atom stereocenters. The average Bonchev–Trinajstić information content (AvgIpc) is 2.40. The molecule has 1 amide bonds. The summed E-state index contributed by atoms with van der Waals surface area (Å²) < 4.78 is 0. The molecule has 0 aliphatic heterocycles. The van der Waals surface area contributed by atoms with Crippen molar-refractivity contribution in [3.05, 3.63) is 26.2 Å². The van der Waals surface area contributed by atoms with Gasteiger partial charge in [0.05, 0.1) is 32.3 Å². The van der Waals surface area contributed by atoms with Crippen LogP contribution in [-0.4, -0.2) is 30.4 Å². The summed E-state index contributed by atoms with van der Waals surface area (Å²) in [7, 11) is 1.90. The summed E-state index contributed by atoms with van der Waals surface area (Å²) in [6, 6.07) is 1.74. The minimum absolute atomic E-state index is 0.183. The number of likely N-dealkylation sites (N-methyl/N-ethyl adjacent to an activating group) is 1. The first-order valence-electron chi connectivity index (χ1n) is 6.96. The number of amides is 1. The molecule has 1 aromatic carbocycles. The molecule has 0 fully saturated rings. The summed E-state index contributed by atoms with van der Waals surface area (Å²) in [6.45, 7) is 6.62. The lowest BCUT2D eigenvalue weighted by Crippen LogP contribution is -2.37. The van der Waals surface area contributed by atoms with Crippen molar-refractivity contribution in [3.63, 3.8) is 0 Å². The molecule has 22 heavy (non-hydrogen) atoms. The number of benzene rings is 1. The van der Waals surface area contributed by atoms with Crippen LogP contribution in [0.2, 0.25) is 20.1 Å². The molecule has 0 spiro atoms. The molecule has 124 valence electrons. The largest absolute Gasteiger partial charge is 0.322 e. The lowest BCUT2D eigenvalue weighted by Gasteiger charge is -2.25. The Bertz CT molecular complexity index is 523. The summed E-state index contributed by atoms with van der Waals surface area (Å²) in [4.78, 5) is 14.2. The first-order valence-corrected chi connectivity index (χ1v) is 8.47. The molecule has 0 aliphatic carbocycles. The Morgan fingerprint density at radius 1 is 1.14 bits per heavy atom. The van der Waals surface area contributed by atoms with E-state index in [4.69, 9.17) is 46.4 Å². The number of nitrogens with zero attached hydrogens (tertiary/aromatic N) is 1. The van der Waals surface area contributed by atoms with Gasteiger partial charge < -0.3 is 5.32 Å². The molecule has 0 bridgehead atoms. The SMILES string of the molecule is CC(C)CC(C)N(C)CC(=O)Nc1c(Cl)c(Cl)cc(Cl)c1Cl. The molecule has 1 aromatic rings. The molecule has 0 aliphatic rings. The summed E-state index contributed by atoms with van der Waals surface area (Å²) in [5.41, 5.74) is 0.246. The van der Waals surface area contributed by atoms with Crippen molar-refractivity contribution in [1.82, 2.24) is 4.90 Å². The van der Waals surface area contributed by atoms with Gasteiger partial charge >= 0.3 is 0 Å². The number of anilines is 1. The van der Waals surface area contributed by atoms with Crippen LogP contribution in [0.15, 0.2) is 6.07 Å². The molecule has 3 nitrogen and oxygen atoms in total. The predicted molar refractivity (Wildman–Crippen MR) is 96.7 cm³/mol. The third kappa shape index (κ3) is 5.47. The van der Waals surface area contributed by atoms with Gasteiger partial charge in [-0.3, -0.25) is 9.69 Å². The Hall–Kier alpha value is -0.190. The number of hydrogen-bond donors (Lipinski definition) is 1. The van der Waals surface area contributed by atoms with E-state index in [0.717, 1.165) is 6.42 Å². The topological polar surface area (TPSA) is 32.3 Å². The summed E-state index contributed by atoms with van der Waals surface area (Å²) in [6.07, 6.45) is 1.01. The quantitative estimate of drug-likeness (QED) is 0.645. The molecule has 0 saturated heterocycles. The van der Waals surface area contributed by atoms with Crippen molar-refractivity contribution >= 4 is 58.0 Å². The molecule has 0 aromatic heterocycles. The number of hydrogen-bond acceptors (Lipinski definition) is 2. The normalized spacial score (nSPS) is 12.8. The molecule has 1 rings (SSSR count). The second-order valence-electron chi connectivity index (χ2n) is 5.79. The van der Waals surface area contributed by atoms with E-state index in [1.807, 2.05) is 11.9 Å². The third-order valence-corrected chi connectivity index (χ3v) is 4.91. The van der Waals surface area contributed by atoms with Crippen molar-refractivity contribution in [2.75, 3.05) is 18.9 Å². The van der Waals surface area contributed by atoms with Crippen molar-refractivity contribution in [1.29, 1.82) is 0 Å². The van der Waals surface area contributed by atoms with Gasteiger partial charge in [-0.2, -0.15) is 0 Å². The molecular weight excluding hydrogens is 366 g/mol. The molecule has 7 heteroatoms. The zero-order chi connectivity index (χ0) is 17.0. The van der Waals surface area contributed by atoms with Gasteiger partial charge in [0.15, 0.2) is 0 Å². The predicted octanol–water partition coefficient (Wildman–Crippen LogP) is 5.61. The zero-order valence-corrected chi connectivity index (χ0v) is 16.0. The van der Waals surface area contributed by atoms with Crippen LogP contribution in [-0.2, 0) is 4.79 Å². The van der Waals surface area contributed by atoms with E-state index in [2.05, 4.69) is 26.1 Å². The van der Waals surface area contributed by atoms with Gasteiger partial charge in [0.1, 0.15) is 0 Å². The smallest absolute Gasteiger partial charge is 0.238 e. The highest BCUT2D eigenvalue weighted by Gasteiger charge is 2.19. The van der Waals surface area contributed by atoms with Crippen LogP contribution >= 0.6 is 46.4 Å². The van der Waals surface area contributed by atoms with Crippen LogP contribution in [0.5, 0.6) is 0 Å². The van der Waals surface area contributed by atoms with Crippen LogP contribution in [0.1, 0.15) is 27.2 Å². The lowest BCUT2D eigenvalue weighted by atomic mass is 10.0. The van der Waals surface area contributed by atoms with E-state index < -0.39 is 0 Å². The van der Waals surface area contributed by atoms with Crippen LogP contribution < -0.4 is 5.32 Å². The molecule has 0 saturated carbocycles. The van der Waals surface area contributed by atoms with Crippen LogP contribution in [0, 0.1) is 5.92 Å². The van der Waals surface area contributed by atoms with Gasteiger partial charge in [-0.25, -0.2) is 0 Å². The second-order valence-corrected chi connectivity index (χ2v) is 7.36. The van der Waals surface area contributed by atoms with Crippen molar-refractivity contribution in [2.45, 2.75) is 33.2 Å². The fraction of sp³-hybridized carbons (Fsp3) is 0.533. The van der Waals surface area contributed by atoms with Crippen LogP contribution in [0.4, 0.5) is 5.69 Å². The van der Waals surface area contributed by atoms with E-state index in [1.165, 1.54) is 6.07 Å². The van der Waals surface area contributed by atoms with Gasteiger partial charge in [0.2, 0.25) is 5.91 Å². The summed E-state index contributed by atoms with van der Waals surface area (Å²) >= 11 is 24.1. The van der Waals surface area contributed by atoms with Crippen molar-refractivity contribution in [3.8, 4) is 0 Å². The zero-order valence-electron chi connectivity index (χ0n) is 13.0. The second kappa shape index (κ2) is 8.60. The first kappa shape index (κ1) is 19.9. The van der Waals surface area contributed by atoms with Crippen LogP contribution in [0.25, 0.3) is 0 Å². The Balaban J connectivity index is 2.78. The Labute approximate surface area is 151 Å². The fourth-order valence-electron chi connectivity index (χ4n) is 2.11. The van der Waals surface area contributed by atoms with Crippen molar-refractivity contribution < 1.29 is 4.79 Å². The summed E-state index contributed by atoms with van der Waals surface area (Å²) in [5, 5.41) is 3.54. The summed E-state index contributed by atoms with van der Waals surface area (Å²) in [5.74, 6) is 0.344. The first-order chi connectivity index (χ1) is 10.1. The maximum Gasteiger partial charge on any atom is 0.238 e. The monoisotopic (exact) mass is 384 g/mol. The maximum atomic E-state index is 12.2. The van der Waals surface area contributed by atoms with Gasteiger partial charge in [-0.1, -0.05) is 60.3 Å². The Morgan fingerprint density at radius 3 is 2.09 bits per heavy atom. The number of halogens is 4. The highest BCUT2D eigenvalue weighted by molar-refractivity contribution is 6.50. The fourth-order valence-corrected chi connectivity index (χ4v) is 3.01. The molecular formula is C15H20Cl4N2O. The maximum absolute atomic E-state index is 12.2. The van der Waals surface area contributed by atoms with E-state index in [1.54, 1.807) is 0 Å². The highest BCUT2D eigenvalue weighted by atomic mass is 35.5. The Kier molecular flexibility index (Phi) is 7.76.